The SMILES string of the molecule is c1ccc(-c2nc(-c3cccc(-c4nc5ccccc5c5cc6c(cc45)Oc4ccccc4C64c5ccccc5-c5ccccc54)c3)cc(-c3cccc4c3oc3ccccc34)n2)cc1. The van der Waals surface area contributed by atoms with E-state index < -0.39 is 5.41 Å². The Morgan fingerprint density at radius 2 is 0.985 bits per heavy atom. The number of para-hydroxylation sites is 4. The molecule has 0 amide bonds. The molecule has 302 valence electrons. The van der Waals surface area contributed by atoms with Crippen LogP contribution in [0.1, 0.15) is 22.3 Å². The molecule has 3 aromatic heterocycles. The lowest BCUT2D eigenvalue weighted by molar-refractivity contribution is 0.437. The highest BCUT2D eigenvalue weighted by molar-refractivity contribution is 6.13. The number of ether oxygens (including phenoxy) is 1. The van der Waals surface area contributed by atoms with Crippen molar-refractivity contribution in [2.45, 2.75) is 5.41 Å². The lowest BCUT2D eigenvalue weighted by Gasteiger charge is -2.39. The van der Waals surface area contributed by atoms with E-state index in [1.807, 2.05) is 36.4 Å². The van der Waals surface area contributed by atoms with Crippen molar-refractivity contribution >= 4 is 43.6 Å². The van der Waals surface area contributed by atoms with Crippen LogP contribution in [0.15, 0.2) is 217 Å². The average Bonchev–Trinajstić information content (AvgIpc) is 3.90. The molecule has 1 aliphatic heterocycles. The second kappa shape index (κ2) is 13.7. The van der Waals surface area contributed by atoms with Crippen molar-refractivity contribution in [2.75, 3.05) is 0 Å². The first-order valence-electron chi connectivity index (χ1n) is 22.0. The van der Waals surface area contributed by atoms with Gasteiger partial charge in [-0.15, -0.1) is 0 Å². The Kier molecular flexibility index (Phi) is 7.54. The Hall–Kier alpha value is -8.67. The van der Waals surface area contributed by atoms with Gasteiger partial charge in [0.25, 0.3) is 0 Å². The minimum atomic E-state index is -0.579. The normalized spacial score (nSPS) is 13.2. The van der Waals surface area contributed by atoms with E-state index in [2.05, 4.69) is 176 Å². The third kappa shape index (κ3) is 5.18. The van der Waals surface area contributed by atoms with Crippen molar-refractivity contribution in [1.82, 2.24) is 15.0 Å². The van der Waals surface area contributed by atoms with Crippen LogP contribution in [0.3, 0.4) is 0 Å². The van der Waals surface area contributed by atoms with E-state index in [-0.39, 0.29) is 0 Å². The number of fused-ring (bicyclic) bond motifs is 15. The maximum atomic E-state index is 7.01. The first kappa shape index (κ1) is 35.9. The fraction of sp³-hybridized carbons (Fsp3) is 0.0167. The molecule has 0 N–H and O–H groups in total. The van der Waals surface area contributed by atoms with Crippen LogP contribution in [0.5, 0.6) is 11.5 Å². The van der Waals surface area contributed by atoms with Gasteiger partial charge in [-0.1, -0.05) is 164 Å². The number of furan rings is 1. The monoisotopic (exact) mass is 829 g/mol. The average molecular weight is 830 g/mol. The van der Waals surface area contributed by atoms with Gasteiger partial charge in [-0.05, 0) is 76.2 Å². The molecule has 0 radical (unpaired) electrons. The van der Waals surface area contributed by atoms with Crippen LogP contribution in [0.4, 0.5) is 0 Å². The van der Waals surface area contributed by atoms with Crippen molar-refractivity contribution in [3.05, 3.63) is 235 Å². The summed E-state index contributed by atoms with van der Waals surface area (Å²) in [6, 6.07) is 74.7. The van der Waals surface area contributed by atoms with E-state index in [9.17, 15) is 0 Å². The van der Waals surface area contributed by atoms with E-state index >= 15 is 0 Å². The van der Waals surface area contributed by atoms with Gasteiger partial charge >= 0.3 is 0 Å². The molecule has 1 spiro atoms. The molecule has 4 heterocycles. The molecule has 0 fully saturated rings. The first-order chi connectivity index (χ1) is 32.2. The van der Waals surface area contributed by atoms with Crippen LogP contribution >= 0.6 is 0 Å². The van der Waals surface area contributed by atoms with Gasteiger partial charge in [-0.25, -0.2) is 15.0 Å². The lowest BCUT2D eigenvalue weighted by atomic mass is 9.65. The Bertz CT molecular complexity index is 3900. The molecule has 9 aromatic carbocycles. The van der Waals surface area contributed by atoms with Gasteiger partial charge in [0, 0.05) is 54.9 Å². The number of benzene rings is 9. The third-order valence-electron chi connectivity index (χ3n) is 13.5. The molecule has 0 saturated carbocycles. The zero-order valence-corrected chi connectivity index (χ0v) is 34.9. The largest absolute Gasteiger partial charge is 0.457 e. The van der Waals surface area contributed by atoms with Crippen molar-refractivity contribution in [3.63, 3.8) is 0 Å². The number of hydrogen-bond acceptors (Lipinski definition) is 5. The molecule has 5 heteroatoms. The molecule has 0 atom stereocenters. The Morgan fingerprint density at radius 3 is 1.83 bits per heavy atom. The summed E-state index contributed by atoms with van der Waals surface area (Å²) in [5, 5.41) is 5.35. The second-order valence-corrected chi connectivity index (χ2v) is 17.0. The van der Waals surface area contributed by atoms with Crippen molar-refractivity contribution in [2.24, 2.45) is 0 Å². The molecule has 65 heavy (non-hydrogen) atoms. The summed E-state index contributed by atoms with van der Waals surface area (Å²) in [6.07, 6.45) is 0. The number of nitrogens with zero attached hydrogens (tertiary/aromatic N) is 3. The molecule has 12 aromatic rings. The summed E-state index contributed by atoms with van der Waals surface area (Å²) in [5.41, 5.74) is 15.5. The predicted octanol–water partition coefficient (Wildman–Crippen LogP) is 15.2. The number of aromatic nitrogens is 3. The van der Waals surface area contributed by atoms with Gasteiger partial charge in [0.05, 0.1) is 28.0 Å². The van der Waals surface area contributed by atoms with Crippen LogP contribution in [0.25, 0.3) is 99.9 Å². The van der Waals surface area contributed by atoms with Crippen LogP contribution < -0.4 is 4.74 Å². The van der Waals surface area contributed by atoms with Crippen LogP contribution in [0, 0.1) is 0 Å². The molecule has 0 bridgehead atoms. The van der Waals surface area contributed by atoms with Crippen LogP contribution in [-0.2, 0) is 5.41 Å². The third-order valence-corrected chi connectivity index (χ3v) is 13.5. The molecular formula is C60H35N3O2. The topological polar surface area (TPSA) is 61.0 Å². The lowest BCUT2D eigenvalue weighted by Crippen LogP contribution is -2.32. The molecular weight excluding hydrogens is 795 g/mol. The van der Waals surface area contributed by atoms with Gasteiger partial charge in [-0.3, -0.25) is 0 Å². The van der Waals surface area contributed by atoms with E-state index in [1.54, 1.807) is 0 Å². The van der Waals surface area contributed by atoms with E-state index in [0.29, 0.717) is 5.82 Å². The van der Waals surface area contributed by atoms with Gasteiger partial charge in [-0.2, -0.15) is 0 Å². The van der Waals surface area contributed by atoms with E-state index in [4.69, 9.17) is 24.1 Å². The summed E-state index contributed by atoms with van der Waals surface area (Å²) in [7, 11) is 0. The maximum Gasteiger partial charge on any atom is 0.160 e. The smallest absolute Gasteiger partial charge is 0.160 e. The van der Waals surface area contributed by atoms with Crippen LogP contribution in [-0.4, -0.2) is 15.0 Å². The summed E-state index contributed by atoms with van der Waals surface area (Å²) in [6.45, 7) is 0. The highest BCUT2D eigenvalue weighted by Crippen LogP contribution is 2.62. The highest BCUT2D eigenvalue weighted by atomic mass is 16.5. The Balaban J connectivity index is 0.993. The van der Waals surface area contributed by atoms with Gasteiger partial charge in [0.1, 0.15) is 22.7 Å². The number of rotatable bonds is 4. The minimum Gasteiger partial charge on any atom is -0.457 e. The number of pyridine rings is 1. The van der Waals surface area contributed by atoms with E-state index in [0.717, 1.165) is 106 Å². The molecule has 2 aliphatic rings. The van der Waals surface area contributed by atoms with Crippen molar-refractivity contribution < 1.29 is 9.15 Å². The Morgan fingerprint density at radius 1 is 0.354 bits per heavy atom. The predicted molar refractivity (Wildman–Crippen MR) is 261 cm³/mol. The van der Waals surface area contributed by atoms with Gasteiger partial charge < -0.3 is 9.15 Å². The zero-order chi connectivity index (χ0) is 42.6. The molecule has 5 nitrogen and oxygen atoms in total. The van der Waals surface area contributed by atoms with Gasteiger partial charge in [0.2, 0.25) is 0 Å². The Labute approximate surface area is 373 Å². The second-order valence-electron chi connectivity index (χ2n) is 17.0. The first-order valence-corrected chi connectivity index (χ1v) is 22.0. The van der Waals surface area contributed by atoms with Crippen molar-refractivity contribution in [3.8, 4) is 67.8 Å². The fourth-order valence-corrected chi connectivity index (χ4v) is 10.7. The zero-order valence-electron chi connectivity index (χ0n) is 34.9. The van der Waals surface area contributed by atoms with Gasteiger partial charge in [0.15, 0.2) is 5.82 Å². The summed E-state index contributed by atoms with van der Waals surface area (Å²) >= 11 is 0. The van der Waals surface area contributed by atoms with Crippen molar-refractivity contribution in [1.29, 1.82) is 0 Å². The number of hydrogen-bond donors (Lipinski definition) is 0. The highest BCUT2D eigenvalue weighted by Gasteiger charge is 2.51. The summed E-state index contributed by atoms with van der Waals surface area (Å²) < 4.78 is 13.5. The summed E-state index contributed by atoms with van der Waals surface area (Å²) in [5.74, 6) is 2.32. The minimum absolute atomic E-state index is 0.579. The maximum absolute atomic E-state index is 7.01. The fourth-order valence-electron chi connectivity index (χ4n) is 10.7. The quantitative estimate of drug-likeness (QED) is 0.165. The standard InChI is InChI=1S/C60H35N3O2/c1-2-16-36(17-3-1)59-62-52(35-53(63-59)44-25-15-24-43-42-23-7-12-30-54(42)65-58(43)44)37-18-14-19-38(32-37)57-46-34-56-50(33-45(46)41-22-6-11-29-51(41)61-57)60(49-28-10-13-31-55(49)64-56)47-26-8-4-20-39(47)40-21-5-9-27-48(40)60/h1-35H. The van der Waals surface area contributed by atoms with E-state index in [1.165, 1.54) is 22.3 Å². The van der Waals surface area contributed by atoms with Crippen LogP contribution in [0.2, 0.25) is 0 Å². The molecule has 14 rings (SSSR count). The molecule has 0 unspecified atom stereocenters. The molecule has 0 saturated heterocycles. The molecule has 1 aliphatic carbocycles. The summed E-state index contributed by atoms with van der Waals surface area (Å²) in [4.78, 5) is 15.9.